The maximum absolute atomic E-state index is 12.8. The fourth-order valence-electron chi connectivity index (χ4n) is 3.56. The summed E-state index contributed by atoms with van der Waals surface area (Å²) >= 11 is 1.29. The van der Waals surface area contributed by atoms with Gasteiger partial charge in [-0.1, -0.05) is 30.3 Å². The summed E-state index contributed by atoms with van der Waals surface area (Å²) in [5.74, 6) is 0.718. The molecule has 0 aliphatic carbocycles. The van der Waals surface area contributed by atoms with Crippen LogP contribution in [0, 0.1) is 0 Å². The van der Waals surface area contributed by atoms with Crippen LogP contribution < -0.4 is 5.32 Å². The molecule has 2 aromatic rings. The summed E-state index contributed by atoms with van der Waals surface area (Å²) in [6.07, 6.45) is 3.37. The molecule has 32 heavy (non-hydrogen) atoms. The van der Waals surface area contributed by atoms with Crippen LogP contribution in [0.1, 0.15) is 49.3 Å². The predicted octanol–water partition coefficient (Wildman–Crippen LogP) is 2.13. The van der Waals surface area contributed by atoms with E-state index in [4.69, 9.17) is 0 Å². The van der Waals surface area contributed by atoms with E-state index in [1.165, 1.54) is 35.1 Å². The van der Waals surface area contributed by atoms with Crippen molar-refractivity contribution >= 4 is 33.5 Å². The Morgan fingerprint density at radius 1 is 1.09 bits per heavy atom. The second kappa shape index (κ2) is 11.1. The molecule has 1 amide bonds. The molecule has 0 radical (unpaired) electrons. The highest BCUT2D eigenvalue weighted by Crippen LogP contribution is 2.22. The number of sulfonamides is 1. The number of ketones is 1. The Kier molecular flexibility index (Phi) is 8.44. The van der Waals surface area contributed by atoms with Crippen LogP contribution >= 0.6 is 11.8 Å². The lowest BCUT2D eigenvalue weighted by molar-refractivity contribution is -0.118. The van der Waals surface area contributed by atoms with Crippen LogP contribution in [-0.2, 0) is 27.8 Å². The lowest BCUT2D eigenvalue weighted by Crippen LogP contribution is -2.35. The number of Topliss-reactive ketones (excluding diaryl/α,β-unsaturated/α-hetero) is 1. The summed E-state index contributed by atoms with van der Waals surface area (Å²) in [5, 5.41) is 11.7. The third-order valence-corrected chi connectivity index (χ3v) is 8.17. The van der Waals surface area contributed by atoms with Crippen molar-refractivity contribution in [3.05, 3.63) is 35.7 Å². The fraction of sp³-hybridized carbons (Fsp3) is 0.524. The summed E-state index contributed by atoms with van der Waals surface area (Å²) in [5.41, 5.74) is 0.462. The Morgan fingerprint density at radius 3 is 2.41 bits per heavy atom. The maximum Gasteiger partial charge on any atom is 0.243 e. The van der Waals surface area contributed by atoms with Crippen LogP contribution in [0.15, 0.2) is 34.3 Å². The quantitative estimate of drug-likeness (QED) is 0.410. The van der Waals surface area contributed by atoms with Crippen LogP contribution in [0.5, 0.6) is 0 Å². The lowest BCUT2D eigenvalue weighted by Gasteiger charge is -2.25. The summed E-state index contributed by atoms with van der Waals surface area (Å²) in [6, 6.07) is 6.17. The molecule has 1 N–H and O–H groups in total. The number of carbonyl (C=O) groups excluding carboxylic acids is 2. The normalized spacial score (nSPS) is 14.9. The van der Waals surface area contributed by atoms with Gasteiger partial charge in [-0.2, -0.15) is 4.31 Å². The highest BCUT2D eigenvalue weighted by molar-refractivity contribution is 7.99. The predicted molar refractivity (Wildman–Crippen MR) is 122 cm³/mol. The highest BCUT2D eigenvalue weighted by atomic mass is 32.2. The van der Waals surface area contributed by atoms with Gasteiger partial charge in [0.25, 0.3) is 0 Å². The van der Waals surface area contributed by atoms with E-state index in [1.807, 2.05) is 11.5 Å². The molecule has 0 atom stereocenters. The molecule has 0 unspecified atom stereocenters. The number of amides is 1. The molecule has 9 nitrogen and oxygen atoms in total. The molecular weight excluding hydrogens is 450 g/mol. The number of benzene rings is 1. The van der Waals surface area contributed by atoms with Crippen molar-refractivity contribution in [3.63, 3.8) is 0 Å². The third-order valence-electron chi connectivity index (χ3n) is 5.29. The first-order valence-corrected chi connectivity index (χ1v) is 13.2. The van der Waals surface area contributed by atoms with Crippen LogP contribution in [0.25, 0.3) is 0 Å². The number of nitrogens with one attached hydrogen (secondary N) is 1. The zero-order chi connectivity index (χ0) is 23.1. The smallest absolute Gasteiger partial charge is 0.243 e. The van der Waals surface area contributed by atoms with Gasteiger partial charge in [-0.15, -0.1) is 10.2 Å². The van der Waals surface area contributed by atoms with Crippen molar-refractivity contribution in [2.24, 2.45) is 0 Å². The number of piperidine rings is 1. The first-order valence-electron chi connectivity index (χ1n) is 10.8. The molecule has 1 aromatic heterocycles. The minimum absolute atomic E-state index is 0.0949. The van der Waals surface area contributed by atoms with Crippen LogP contribution in [-0.4, -0.2) is 64.6 Å². The number of hydrogen-bond donors (Lipinski definition) is 1. The Hall–Kier alpha value is -2.24. The topological polar surface area (TPSA) is 114 Å². The fourth-order valence-corrected chi connectivity index (χ4v) is 5.99. The molecule has 0 bridgehead atoms. The molecule has 3 rings (SSSR count). The molecule has 2 heterocycles. The molecule has 1 aromatic carbocycles. The Balaban J connectivity index is 1.60. The van der Waals surface area contributed by atoms with Crippen molar-refractivity contribution in [2.75, 3.05) is 25.4 Å². The Labute approximate surface area is 193 Å². The molecule has 1 saturated heterocycles. The molecule has 1 aliphatic heterocycles. The van der Waals surface area contributed by atoms with Crippen molar-refractivity contribution in [1.29, 1.82) is 0 Å². The van der Waals surface area contributed by atoms with Gasteiger partial charge in [0.05, 0.1) is 10.6 Å². The summed E-state index contributed by atoms with van der Waals surface area (Å²) in [6.45, 7) is 5.66. The van der Waals surface area contributed by atoms with E-state index < -0.39 is 10.0 Å². The van der Waals surface area contributed by atoms with Gasteiger partial charge in [0.1, 0.15) is 5.82 Å². The van der Waals surface area contributed by atoms with Gasteiger partial charge >= 0.3 is 0 Å². The Bertz CT molecular complexity index is 1040. The average Bonchev–Trinajstić information content (AvgIpc) is 3.19. The zero-order valence-corrected chi connectivity index (χ0v) is 20.0. The van der Waals surface area contributed by atoms with Crippen molar-refractivity contribution in [1.82, 2.24) is 24.4 Å². The van der Waals surface area contributed by atoms with Gasteiger partial charge in [-0.05, 0) is 31.9 Å². The van der Waals surface area contributed by atoms with Gasteiger partial charge in [-0.25, -0.2) is 8.42 Å². The van der Waals surface area contributed by atoms with E-state index in [0.717, 1.165) is 25.1 Å². The van der Waals surface area contributed by atoms with E-state index >= 15 is 0 Å². The average molecular weight is 480 g/mol. The molecule has 1 aliphatic rings. The number of thioether (sulfide) groups is 1. The highest BCUT2D eigenvalue weighted by Gasteiger charge is 2.26. The van der Waals surface area contributed by atoms with Gasteiger partial charge < -0.3 is 9.88 Å². The molecular formula is C21H29N5O4S2. The minimum Gasteiger partial charge on any atom is -0.356 e. The number of nitrogens with zero attached hydrogens (tertiary/aromatic N) is 4. The molecule has 174 valence electrons. The van der Waals surface area contributed by atoms with Gasteiger partial charge in [-0.3, -0.25) is 9.59 Å². The van der Waals surface area contributed by atoms with E-state index in [9.17, 15) is 18.0 Å². The minimum atomic E-state index is -3.51. The molecule has 11 heteroatoms. The molecule has 0 spiro atoms. The molecule has 0 saturated carbocycles. The monoisotopic (exact) mass is 479 g/mol. The Morgan fingerprint density at radius 2 is 1.78 bits per heavy atom. The standard InChI is InChI=1S/C21H29N5O4S2/c1-3-26-20(11-12-22-16(2)27)23-24-21(26)31-15-19(28)17-7-9-18(10-8-17)32(29,30)25-13-5-4-6-14-25/h7-10H,3-6,11-15H2,1-2H3,(H,22,27). The number of rotatable bonds is 10. The number of carbonyl (C=O) groups is 2. The second-order valence-corrected chi connectivity index (χ2v) is 10.5. The second-order valence-electron chi connectivity index (χ2n) is 7.58. The van der Waals surface area contributed by atoms with Crippen LogP contribution in [0.3, 0.4) is 0 Å². The maximum atomic E-state index is 12.8. The molecule has 1 fully saturated rings. The largest absolute Gasteiger partial charge is 0.356 e. The lowest BCUT2D eigenvalue weighted by atomic mass is 10.1. The van der Waals surface area contributed by atoms with Gasteiger partial charge in [0.15, 0.2) is 10.9 Å². The summed E-state index contributed by atoms with van der Waals surface area (Å²) in [4.78, 5) is 23.9. The first-order chi connectivity index (χ1) is 15.3. The SMILES string of the molecule is CCn1c(CCNC(C)=O)nnc1SCC(=O)c1ccc(S(=O)(=O)N2CCCCC2)cc1. The van der Waals surface area contributed by atoms with Gasteiger partial charge in [0, 0.05) is 45.1 Å². The first kappa shape index (κ1) is 24.4. The van der Waals surface area contributed by atoms with Crippen molar-refractivity contribution in [3.8, 4) is 0 Å². The van der Waals surface area contributed by atoms with Crippen molar-refractivity contribution in [2.45, 2.75) is 56.1 Å². The number of hydrogen-bond acceptors (Lipinski definition) is 7. The van der Waals surface area contributed by atoms with Crippen LogP contribution in [0.4, 0.5) is 0 Å². The van der Waals surface area contributed by atoms with Gasteiger partial charge in [0.2, 0.25) is 15.9 Å². The summed E-state index contributed by atoms with van der Waals surface area (Å²) < 4.78 is 29.0. The van der Waals surface area contributed by atoms with E-state index in [-0.39, 0.29) is 22.3 Å². The number of aromatic nitrogens is 3. The van der Waals surface area contributed by atoms with Crippen molar-refractivity contribution < 1.29 is 18.0 Å². The van der Waals surface area contributed by atoms with E-state index in [0.29, 0.717) is 43.3 Å². The van der Waals surface area contributed by atoms with E-state index in [2.05, 4.69) is 15.5 Å². The third kappa shape index (κ3) is 5.96. The summed E-state index contributed by atoms with van der Waals surface area (Å²) in [7, 11) is -3.51. The zero-order valence-electron chi connectivity index (χ0n) is 18.4. The van der Waals surface area contributed by atoms with Crippen LogP contribution in [0.2, 0.25) is 0 Å². The van der Waals surface area contributed by atoms with E-state index in [1.54, 1.807) is 12.1 Å².